The fourth-order valence-corrected chi connectivity index (χ4v) is 2.16. The molecule has 0 N–H and O–H groups in total. The Morgan fingerprint density at radius 3 is 2.33 bits per heavy atom. The van der Waals surface area contributed by atoms with Crippen LogP contribution >= 0.6 is 23.2 Å². The fourth-order valence-electron chi connectivity index (χ4n) is 1.52. The van der Waals surface area contributed by atoms with E-state index in [9.17, 15) is 18.0 Å². The second kappa shape index (κ2) is 5.87. The zero-order valence-electron chi connectivity index (χ0n) is 10.1. The molecule has 2 rings (SSSR count). The van der Waals surface area contributed by atoms with Gasteiger partial charge in [-0.2, -0.15) is 18.3 Å². The first-order valence-electron chi connectivity index (χ1n) is 5.43. The van der Waals surface area contributed by atoms with Crippen LogP contribution in [0.15, 0.2) is 24.4 Å². The molecule has 0 saturated heterocycles. The van der Waals surface area contributed by atoms with Crippen LogP contribution in [0.2, 0.25) is 10.0 Å². The third-order valence-electron chi connectivity index (χ3n) is 2.40. The summed E-state index contributed by atoms with van der Waals surface area (Å²) in [5.41, 5.74) is -0.610. The van der Waals surface area contributed by atoms with Gasteiger partial charge >= 0.3 is 6.18 Å². The molecule has 9 heteroatoms. The van der Waals surface area contributed by atoms with E-state index >= 15 is 0 Å². The Kier molecular flexibility index (Phi) is 4.34. The molecule has 0 radical (unpaired) electrons. The van der Waals surface area contributed by atoms with E-state index in [0.29, 0.717) is 12.0 Å². The highest BCUT2D eigenvalue weighted by atomic mass is 35.5. The van der Waals surface area contributed by atoms with E-state index in [1.54, 1.807) is 0 Å². The summed E-state index contributed by atoms with van der Waals surface area (Å²) < 4.78 is 37.9. The molecule has 0 bridgehead atoms. The van der Waals surface area contributed by atoms with E-state index in [1.807, 2.05) is 0 Å². The average Bonchev–Trinajstić information content (AvgIpc) is 2.83. The lowest BCUT2D eigenvalue weighted by Crippen LogP contribution is -2.07. The number of hydrogen-bond acceptors (Lipinski definition) is 3. The molecule has 0 aliphatic heterocycles. The normalized spacial score (nSPS) is 12.0. The molecule has 1 heterocycles. The summed E-state index contributed by atoms with van der Waals surface area (Å²) in [6.45, 7) is 0. The van der Waals surface area contributed by atoms with Crippen LogP contribution in [0.4, 0.5) is 13.2 Å². The second-order valence-electron chi connectivity index (χ2n) is 3.84. The van der Waals surface area contributed by atoms with E-state index in [1.165, 1.54) is 18.3 Å². The average molecular weight is 336 g/mol. The van der Waals surface area contributed by atoms with Crippen molar-refractivity contribution in [3.63, 3.8) is 0 Å². The molecule has 2 aromatic rings. The number of halogens is 5. The fraction of sp³-hybridized carbons (Fsp3) is 0.0833. The third kappa shape index (κ3) is 3.43. The molecule has 0 saturated carbocycles. The van der Waals surface area contributed by atoms with Crippen molar-refractivity contribution in [1.29, 1.82) is 0 Å². The standard InChI is InChI=1S/C12H6Cl2F3N3O/c13-9-4-7(12(15,16)17)5-10(14)11(9)20-18-6-8(19-20)2-1-3-21/h1-6H/b2-1+. The lowest BCUT2D eigenvalue weighted by Gasteiger charge is -2.11. The van der Waals surface area contributed by atoms with E-state index in [4.69, 9.17) is 23.2 Å². The largest absolute Gasteiger partial charge is 0.416 e. The molecule has 110 valence electrons. The number of benzene rings is 1. The predicted octanol–water partition coefficient (Wildman–Crippen LogP) is 3.81. The summed E-state index contributed by atoms with van der Waals surface area (Å²) >= 11 is 11.7. The number of aldehydes is 1. The molecule has 21 heavy (non-hydrogen) atoms. The number of allylic oxidation sites excluding steroid dienone is 1. The molecule has 0 aliphatic rings. The lowest BCUT2D eigenvalue weighted by atomic mass is 10.2. The smallest absolute Gasteiger partial charge is 0.299 e. The van der Waals surface area contributed by atoms with Crippen molar-refractivity contribution in [3.05, 3.63) is 45.7 Å². The molecule has 0 amide bonds. The van der Waals surface area contributed by atoms with Gasteiger partial charge in [0, 0.05) is 0 Å². The first kappa shape index (κ1) is 15.5. The maximum atomic E-state index is 12.6. The minimum Gasteiger partial charge on any atom is -0.299 e. The van der Waals surface area contributed by atoms with Crippen molar-refractivity contribution < 1.29 is 18.0 Å². The molecular formula is C12H6Cl2F3N3O. The van der Waals surface area contributed by atoms with Crippen LogP contribution in [0.25, 0.3) is 11.8 Å². The highest BCUT2D eigenvalue weighted by Gasteiger charge is 2.32. The van der Waals surface area contributed by atoms with Crippen LogP contribution in [0.3, 0.4) is 0 Å². The van der Waals surface area contributed by atoms with Gasteiger partial charge in [0.25, 0.3) is 0 Å². The van der Waals surface area contributed by atoms with Gasteiger partial charge in [-0.3, -0.25) is 4.79 Å². The van der Waals surface area contributed by atoms with Crippen molar-refractivity contribution in [2.75, 3.05) is 0 Å². The van der Waals surface area contributed by atoms with Crippen molar-refractivity contribution in [3.8, 4) is 5.69 Å². The molecule has 1 aromatic carbocycles. The van der Waals surface area contributed by atoms with Gasteiger partial charge in [0.1, 0.15) is 17.7 Å². The van der Waals surface area contributed by atoms with E-state index in [2.05, 4.69) is 10.2 Å². The van der Waals surface area contributed by atoms with Gasteiger partial charge in [0.2, 0.25) is 0 Å². The number of carbonyl (C=O) groups excluding carboxylic acids is 1. The zero-order valence-corrected chi connectivity index (χ0v) is 11.6. The summed E-state index contributed by atoms with van der Waals surface area (Å²) in [6, 6.07) is 1.49. The molecule has 0 fully saturated rings. The minimum absolute atomic E-state index is 0.0251. The number of hydrogen-bond donors (Lipinski definition) is 0. The topological polar surface area (TPSA) is 47.8 Å². The van der Waals surface area contributed by atoms with Gasteiger partial charge in [-0.1, -0.05) is 23.2 Å². The SMILES string of the molecule is O=C/C=C/c1cnn(-c2c(Cl)cc(C(F)(F)F)cc2Cl)n1. The molecular weight excluding hydrogens is 330 g/mol. The van der Waals surface area contributed by atoms with Crippen LogP contribution < -0.4 is 0 Å². The summed E-state index contributed by atoms with van der Waals surface area (Å²) in [5, 5.41) is 7.30. The Hall–Kier alpha value is -1.86. The molecule has 0 atom stereocenters. The Morgan fingerprint density at radius 2 is 1.81 bits per heavy atom. The lowest BCUT2D eigenvalue weighted by molar-refractivity contribution is -0.137. The van der Waals surface area contributed by atoms with Gasteiger partial charge < -0.3 is 0 Å². The Morgan fingerprint density at radius 1 is 1.19 bits per heavy atom. The van der Waals surface area contributed by atoms with Gasteiger partial charge in [0.15, 0.2) is 0 Å². The van der Waals surface area contributed by atoms with Crippen LogP contribution in [0, 0.1) is 0 Å². The molecule has 0 unspecified atom stereocenters. The Bertz CT molecular complexity index is 687. The van der Waals surface area contributed by atoms with Crippen LogP contribution in [0.1, 0.15) is 11.3 Å². The van der Waals surface area contributed by atoms with Crippen molar-refractivity contribution in [2.24, 2.45) is 0 Å². The van der Waals surface area contributed by atoms with E-state index in [-0.39, 0.29) is 15.7 Å². The number of carbonyl (C=O) groups is 1. The summed E-state index contributed by atoms with van der Waals surface area (Å²) in [4.78, 5) is 11.2. The van der Waals surface area contributed by atoms with E-state index < -0.39 is 11.7 Å². The van der Waals surface area contributed by atoms with Gasteiger partial charge in [-0.05, 0) is 24.3 Å². The minimum atomic E-state index is -4.55. The Labute approximate surface area is 126 Å². The summed E-state index contributed by atoms with van der Waals surface area (Å²) in [7, 11) is 0. The highest BCUT2D eigenvalue weighted by Crippen LogP contribution is 2.37. The second-order valence-corrected chi connectivity index (χ2v) is 4.65. The number of nitrogens with zero attached hydrogens (tertiary/aromatic N) is 3. The molecule has 0 aliphatic carbocycles. The van der Waals surface area contributed by atoms with Crippen molar-refractivity contribution >= 4 is 35.6 Å². The molecule has 4 nitrogen and oxygen atoms in total. The third-order valence-corrected chi connectivity index (χ3v) is 2.98. The maximum Gasteiger partial charge on any atom is 0.416 e. The molecule has 1 aromatic heterocycles. The number of alkyl halides is 3. The van der Waals surface area contributed by atoms with Crippen LogP contribution in [-0.4, -0.2) is 21.3 Å². The first-order valence-corrected chi connectivity index (χ1v) is 6.19. The maximum absolute atomic E-state index is 12.6. The quantitative estimate of drug-likeness (QED) is 0.633. The highest BCUT2D eigenvalue weighted by molar-refractivity contribution is 6.37. The van der Waals surface area contributed by atoms with Gasteiger partial charge in [0.05, 0.1) is 21.8 Å². The molecule has 0 spiro atoms. The summed E-state index contributed by atoms with van der Waals surface area (Å²) in [5.74, 6) is 0. The van der Waals surface area contributed by atoms with Crippen LogP contribution in [0.5, 0.6) is 0 Å². The number of aromatic nitrogens is 3. The zero-order chi connectivity index (χ0) is 15.6. The van der Waals surface area contributed by atoms with Crippen molar-refractivity contribution in [1.82, 2.24) is 15.0 Å². The van der Waals surface area contributed by atoms with E-state index in [0.717, 1.165) is 16.9 Å². The first-order chi connectivity index (χ1) is 9.82. The van der Waals surface area contributed by atoms with Gasteiger partial charge in [-0.25, -0.2) is 0 Å². The Balaban J connectivity index is 2.47. The monoisotopic (exact) mass is 335 g/mol. The predicted molar refractivity (Wildman–Crippen MR) is 71.5 cm³/mol. The van der Waals surface area contributed by atoms with Gasteiger partial charge in [-0.15, -0.1) is 9.90 Å². The summed E-state index contributed by atoms with van der Waals surface area (Å²) in [6.07, 6.45) is -0.116. The van der Waals surface area contributed by atoms with Crippen LogP contribution in [-0.2, 0) is 11.0 Å². The van der Waals surface area contributed by atoms with Crippen molar-refractivity contribution in [2.45, 2.75) is 6.18 Å². The number of rotatable bonds is 3.